The quantitative estimate of drug-likeness (QED) is 0.164. The van der Waals surface area contributed by atoms with E-state index in [0.29, 0.717) is 36.8 Å². The zero-order valence-corrected chi connectivity index (χ0v) is 24.6. The van der Waals surface area contributed by atoms with E-state index in [1.807, 2.05) is 75.4 Å². The molecule has 1 unspecified atom stereocenters. The molecule has 4 rings (SSSR count). The van der Waals surface area contributed by atoms with Gasteiger partial charge in [-0.3, -0.25) is 9.59 Å². The maximum absolute atomic E-state index is 13.4. The van der Waals surface area contributed by atoms with E-state index in [9.17, 15) is 14.7 Å². The molecule has 1 amide bonds. The maximum Gasteiger partial charge on any atom is 0.295 e. The second kappa shape index (κ2) is 13.5. The molecule has 0 spiro atoms. The average molecular weight is 557 g/mol. The van der Waals surface area contributed by atoms with Gasteiger partial charge in [0.2, 0.25) is 0 Å². The van der Waals surface area contributed by atoms with Crippen LogP contribution in [0.5, 0.6) is 11.5 Å². The molecule has 7 heteroatoms. The van der Waals surface area contributed by atoms with E-state index in [-0.39, 0.29) is 17.4 Å². The molecule has 3 aromatic rings. The highest BCUT2D eigenvalue weighted by Gasteiger charge is 2.46. The Morgan fingerprint density at radius 1 is 0.976 bits per heavy atom. The number of hydrogen-bond acceptors (Lipinski definition) is 6. The first-order valence-corrected chi connectivity index (χ1v) is 14.3. The van der Waals surface area contributed by atoms with Crippen molar-refractivity contribution in [2.45, 2.75) is 53.4 Å². The highest BCUT2D eigenvalue weighted by atomic mass is 16.5. The molecule has 1 saturated heterocycles. The maximum atomic E-state index is 13.4. The normalized spacial score (nSPS) is 16.6. The Hall–Kier alpha value is -4.10. The van der Waals surface area contributed by atoms with Gasteiger partial charge in [0, 0.05) is 18.7 Å². The lowest BCUT2D eigenvalue weighted by molar-refractivity contribution is -0.140. The minimum Gasteiger partial charge on any atom is -0.507 e. The summed E-state index contributed by atoms with van der Waals surface area (Å²) >= 11 is 0. The number of hydrogen-bond donors (Lipinski definition) is 1. The van der Waals surface area contributed by atoms with Crippen LogP contribution in [0.25, 0.3) is 5.76 Å². The lowest BCUT2D eigenvalue weighted by Crippen LogP contribution is -2.38. The van der Waals surface area contributed by atoms with E-state index < -0.39 is 17.7 Å². The van der Waals surface area contributed by atoms with Crippen LogP contribution >= 0.6 is 0 Å². The summed E-state index contributed by atoms with van der Waals surface area (Å²) in [4.78, 5) is 30.6. The third kappa shape index (κ3) is 6.98. The summed E-state index contributed by atoms with van der Waals surface area (Å²) in [5.74, 6) is -0.101. The highest BCUT2D eigenvalue weighted by Crippen LogP contribution is 2.40. The summed E-state index contributed by atoms with van der Waals surface area (Å²) < 4.78 is 11.8. The summed E-state index contributed by atoms with van der Waals surface area (Å²) in [6.07, 6.45) is 0.00363. The van der Waals surface area contributed by atoms with Crippen LogP contribution in [0.1, 0.15) is 56.0 Å². The number of aliphatic hydroxyl groups excluding tert-OH is 1. The third-order valence-corrected chi connectivity index (χ3v) is 7.35. The number of aliphatic hydroxyl groups is 1. The SMILES string of the molecule is CCN(CC)CCN1C(=O)C(=O)/C(=C(/O)c2ccc(OC(C)C)c(C)c2)C1c1ccc(OCc2ccccc2)cc1. The molecule has 1 aliphatic rings. The Balaban J connectivity index is 1.69. The van der Waals surface area contributed by atoms with Crippen LogP contribution in [0.3, 0.4) is 0 Å². The van der Waals surface area contributed by atoms with Gasteiger partial charge >= 0.3 is 0 Å². The molecular weight excluding hydrogens is 516 g/mol. The van der Waals surface area contributed by atoms with Gasteiger partial charge in [0.1, 0.15) is 23.9 Å². The Labute approximate surface area is 243 Å². The number of ketones is 1. The largest absolute Gasteiger partial charge is 0.507 e. The number of Topliss-reactive ketones (excluding diaryl/α,β-unsaturated/α-hetero) is 1. The predicted molar refractivity (Wildman–Crippen MR) is 161 cm³/mol. The van der Waals surface area contributed by atoms with E-state index in [0.717, 1.165) is 29.8 Å². The molecule has 7 nitrogen and oxygen atoms in total. The van der Waals surface area contributed by atoms with Crippen LogP contribution in [0.2, 0.25) is 0 Å². The number of benzene rings is 3. The van der Waals surface area contributed by atoms with Crippen molar-refractivity contribution in [2.24, 2.45) is 0 Å². The summed E-state index contributed by atoms with van der Waals surface area (Å²) in [6, 6.07) is 21.9. The van der Waals surface area contributed by atoms with Crippen LogP contribution in [-0.4, -0.2) is 58.9 Å². The molecule has 0 aromatic heterocycles. The summed E-state index contributed by atoms with van der Waals surface area (Å²) in [5, 5.41) is 11.5. The molecule has 1 heterocycles. The lowest BCUT2D eigenvalue weighted by atomic mass is 9.94. The molecule has 1 atom stereocenters. The van der Waals surface area contributed by atoms with Gasteiger partial charge in [0.25, 0.3) is 11.7 Å². The standard InChI is InChI=1S/C34H40N2O5/c1-6-35(7-2)19-20-36-31(26-13-16-28(17-14-26)40-22-25-11-9-8-10-12-25)30(33(38)34(36)39)32(37)27-15-18-29(24(5)21-27)41-23(3)4/h8-18,21,23,31,37H,6-7,19-20,22H2,1-5H3/b32-30+. The smallest absolute Gasteiger partial charge is 0.295 e. The van der Waals surface area contributed by atoms with Gasteiger partial charge in [0.15, 0.2) is 0 Å². The van der Waals surface area contributed by atoms with Crippen molar-refractivity contribution in [3.8, 4) is 11.5 Å². The number of nitrogens with zero attached hydrogens (tertiary/aromatic N) is 2. The van der Waals surface area contributed by atoms with E-state index in [2.05, 4.69) is 18.7 Å². The van der Waals surface area contributed by atoms with Gasteiger partial charge in [-0.25, -0.2) is 0 Å². The summed E-state index contributed by atoms with van der Waals surface area (Å²) in [5.41, 5.74) is 3.17. The topological polar surface area (TPSA) is 79.3 Å². The fourth-order valence-electron chi connectivity index (χ4n) is 5.07. The summed E-state index contributed by atoms with van der Waals surface area (Å²) in [7, 11) is 0. The second-order valence-corrected chi connectivity index (χ2v) is 10.5. The van der Waals surface area contributed by atoms with Gasteiger partial charge in [-0.2, -0.15) is 0 Å². The number of likely N-dealkylation sites (tertiary alicyclic amines) is 1. The lowest BCUT2D eigenvalue weighted by Gasteiger charge is -2.28. The number of amides is 1. The zero-order valence-electron chi connectivity index (χ0n) is 24.6. The minimum absolute atomic E-state index is 0.00363. The molecular formula is C34H40N2O5. The molecule has 3 aromatic carbocycles. The number of carbonyl (C=O) groups is 2. The zero-order chi connectivity index (χ0) is 29.5. The second-order valence-electron chi connectivity index (χ2n) is 10.5. The van der Waals surface area contributed by atoms with Crippen LogP contribution in [0.4, 0.5) is 0 Å². The number of carbonyl (C=O) groups excluding carboxylic acids is 2. The Morgan fingerprint density at radius 3 is 2.27 bits per heavy atom. The predicted octanol–water partition coefficient (Wildman–Crippen LogP) is 6.12. The molecule has 1 aliphatic heterocycles. The van der Waals surface area contributed by atoms with Crippen molar-refractivity contribution in [2.75, 3.05) is 26.2 Å². The number of aryl methyl sites for hydroxylation is 1. The number of likely N-dealkylation sites (N-methyl/N-ethyl adjacent to an activating group) is 1. The van der Waals surface area contributed by atoms with E-state index in [4.69, 9.17) is 9.47 Å². The minimum atomic E-state index is -0.722. The molecule has 41 heavy (non-hydrogen) atoms. The van der Waals surface area contributed by atoms with Crippen molar-refractivity contribution in [1.29, 1.82) is 0 Å². The highest BCUT2D eigenvalue weighted by molar-refractivity contribution is 6.46. The Morgan fingerprint density at radius 2 is 1.66 bits per heavy atom. The van der Waals surface area contributed by atoms with Crippen molar-refractivity contribution in [1.82, 2.24) is 9.80 Å². The third-order valence-electron chi connectivity index (χ3n) is 7.35. The fourth-order valence-corrected chi connectivity index (χ4v) is 5.07. The van der Waals surface area contributed by atoms with Crippen molar-refractivity contribution in [3.05, 3.63) is 101 Å². The molecule has 216 valence electrons. The van der Waals surface area contributed by atoms with Gasteiger partial charge in [-0.15, -0.1) is 0 Å². The van der Waals surface area contributed by atoms with Gasteiger partial charge in [-0.1, -0.05) is 56.3 Å². The first-order valence-electron chi connectivity index (χ1n) is 14.3. The molecule has 0 aliphatic carbocycles. The van der Waals surface area contributed by atoms with Crippen LogP contribution in [-0.2, 0) is 16.2 Å². The van der Waals surface area contributed by atoms with Crippen molar-refractivity contribution in [3.63, 3.8) is 0 Å². The average Bonchev–Trinajstić information content (AvgIpc) is 3.23. The molecule has 0 saturated carbocycles. The fraction of sp³-hybridized carbons (Fsp3) is 0.353. The van der Waals surface area contributed by atoms with Crippen molar-refractivity contribution >= 4 is 17.4 Å². The molecule has 1 fully saturated rings. The van der Waals surface area contributed by atoms with Crippen LogP contribution in [0, 0.1) is 6.92 Å². The first-order chi connectivity index (χ1) is 19.7. The summed E-state index contributed by atoms with van der Waals surface area (Å²) in [6.45, 7) is 13.0. The van der Waals surface area contributed by atoms with Gasteiger partial charge in [0.05, 0.1) is 17.7 Å². The molecule has 0 bridgehead atoms. The Bertz CT molecular complexity index is 1380. The monoisotopic (exact) mass is 556 g/mol. The molecule has 1 N–H and O–H groups in total. The van der Waals surface area contributed by atoms with E-state index in [1.54, 1.807) is 23.1 Å². The van der Waals surface area contributed by atoms with Crippen LogP contribution < -0.4 is 9.47 Å². The van der Waals surface area contributed by atoms with Gasteiger partial charge < -0.3 is 24.4 Å². The van der Waals surface area contributed by atoms with Crippen LogP contribution in [0.15, 0.2) is 78.4 Å². The number of ether oxygens (including phenoxy) is 2. The molecule has 0 radical (unpaired) electrons. The van der Waals surface area contributed by atoms with E-state index >= 15 is 0 Å². The Kier molecular flexibility index (Phi) is 9.84. The van der Waals surface area contributed by atoms with E-state index in [1.165, 1.54) is 0 Å². The van der Waals surface area contributed by atoms with Gasteiger partial charge in [-0.05, 0) is 80.9 Å². The van der Waals surface area contributed by atoms with Crippen molar-refractivity contribution < 1.29 is 24.2 Å². The number of rotatable bonds is 12. The first kappa shape index (κ1) is 29.9.